The summed E-state index contributed by atoms with van der Waals surface area (Å²) in [6.07, 6.45) is 0. The number of hydrogen-bond acceptors (Lipinski definition) is 4. The monoisotopic (exact) mass is 357 g/mol. The van der Waals surface area contributed by atoms with E-state index in [0.29, 0.717) is 24.3 Å². The van der Waals surface area contributed by atoms with Crippen LogP contribution in [-0.2, 0) is 17.8 Å². The zero-order valence-corrected chi connectivity index (χ0v) is 16.1. The number of rotatable bonds is 6. The molecule has 2 N–H and O–H groups in total. The summed E-state index contributed by atoms with van der Waals surface area (Å²) in [5.41, 5.74) is 2.63. The summed E-state index contributed by atoms with van der Waals surface area (Å²) >= 11 is 0. The first-order valence-electron chi connectivity index (χ1n) is 8.58. The van der Waals surface area contributed by atoms with Gasteiger partial charge in [-0.15, -0.1) is 0 Å². The summed E-state index contributed by atoms with van der Waals surface area (Å²) in [5, 5.41) is 3.31. The first-order chi connectivity index (χ1) is 12.2. The maximum absolute atomic E-state index is 12.0. The topological polar surface area (TPSA) is 74.4 Å². The minimum atomic E-state index is -0.500. The average molecular weight is 357 g/mol. The number of hydrogen-bond donors (Lipinski definition) is 2. The van der Waals surface area contributed by atoms with Crippen molar-refractivity contribution in [3.05, 3.63) is 58.9 Å². The molecule has 0 atom stereocenters. The molecule has 140 valence electrons. The summed E-state index contributed by atoms with van der Waals surface area (Å²) in [4.78, 5) is 28.5. The number of H-pyrrole nitrogens is 1. The number of nitrogens with one attached hydrogen (secondary N) is 2. The number of aromatic amines is 1. The number of carbonyl (C=O) groups is 2. The van der Waals surface area contributed by atoms with Crippen molar-refractivity contribution in [3.8, 4) is 0 Å². The van der Waals surface area contributed by atoms with E-state index in [-0.39, 0.29) is 11.9 Å². The highest BCUT2D eigenvalue weighted by molar-refractivity contribution is 5.92. The molecule has 0 saturated carbocycles. The molecule has 0 saturated heterocycles. The van der Waals surface area contributed by atoms with Crippen molar-refractivity contribution in [1.29, 1.82) is 0 Å². The molecule has 6 heteroatoms. The van der Waals surface area contributed by atoms with E-state index >= 15 is 0 Å². The van der Waals surface area contributed by atoms with Gasteiger partial charge in [0.05, 0.1) is 5.56 Å². The van der Waals surface area contributed by atoms with Crippen LogP contribution in [0.5, 0.6) is 0 Å². The molecule has 6 nitrogen and oxygen atoms in total. The van der Waals surface area contributed by atoms with Gasteiger partial charge in [0.25, 0.3) is 5.91 Å². The third-order valence-electron chi connectivity index (χ3n) is 3.62. The minimum Gasteiger partial charge on any atom is -0.456 e. The molecular formula is C20H27N3O3. The average Bonchev–Trinajstić information content (AvgIpc) is 3.02. The molecular weight excluding hydrogens is 330 g/mol. The van der Waals surface area contributed by atoms with Crippen molar-refractivity contribution in [2.45, 2.75) is 39.5 Å². The Kier molecular flexibility index (Phi) is 6.21. The lowest BCUT2D eigenvalue weighted by Gasteiger charge is -2.19. The lowest BCUT2D eigenvalue weighted by Crippen LogP contribution is -2.23. The lowest BCUT2D eigenvalue weighted by atomic mass is 10.1. The normalized spacial score (nSPS) is 11.3. The fourth-order valence-electron chi connectivity index (χ4n) is 2.35. The van der Waals surface area contributed by atoms with E-state index in [1.807, 2.05) is 39.0 Å². The van der Waals surface area contributed by atoms with Crippen LogP contribution >= 0.6 is 0 Å². The summed E-state index contributed by atoms with van der Waals surface area (Å²) in [6.45, 7) is 6.82. The number of nitrogens with zero attached hydrogens (tertiary/aromatic N) is 1. The lowest BCUT2D eigenvalue weighted by molar-refractivity contribution is 0.00694. The first kappa shape index (κ1) is 19.7. The van der Waals surface area contributed by atoms with Crippen LogP contribution in [-0.4, -0.2) is 41.5 Å². The number of benzene rings is 1. The van der Waals surface area contributed by atoms with Gasteiger partial charge < -0.3 is 19.9 Å². The van der Waals surface area contributed by atoms with Crippen LogP contribution in [0.3, 0.4) is 0 Å². The Morgan fingerprint density at radius 3 is 2.27 bits per heavy atom. The van der Waals surface area contributed by atoms with E-state index in [1.54, 1.807) is 32.3 Å². The molecule has 2 rings (SSSR count). The Hall–Kier alpha value is -2.60. The van der Waals surface area contributed by atoms with Crippen LogP contribution in [0.1, 0.15) is 52.9 Å². The van der Waals surface area contributed by atoms with Gasteiger partial charge >= 0.3 is 5.97 Å². The zero-order chi connectivity index (χ0) is 19.3. The highest BCUT2D eigenvalue weighted by Crippen LogP contribution is 2.13. The van der Waals surface area contributed by atoms with Crippen LogP contribution in [0, 0.1) is 0 Å². The maximum atomic E-state index is 12.0. The third-order valence-corrected chi connectivity index (χ3v) is 3.62. The van der Waals surface area contributed by atoms with Crippen molar-refractivity contribution >= 4 is 11.9 Å². The quantitative estimate of drug-likeness (QED) is 0.780. The van der Waals surface area contributed by atoms with Gasteiger partial charge in [-0.3, -0.25) is 4.79 Å². The van der Waals surface area contributed by atoms with E-state index in [2.05, 4.69) is 10.3 Å². The second kappa shape index (κ2) is 8.19. The number of carbonyl (C=O) groups excluding carboxylic acids is 2. The Morgan fingerprint density at radius 2 is 1.69 bits per heavy atom. The Balaban J connectivity index is 1.85. The molecule has 0 aliphatic carbocycles. The smallest absolute Gasteiger partial charge is 0.338 e. The summed E-state index contributed by atoms with van der Waals surface area (Å²) < 4.78 is 5.35. The molecule has 0 fully saturated rings. The molecule has 1 heterocycles. The predicted molar refractivity (Wildman–Crippen MR) is 101 cm³/mol. The SMILES string of the molecule is CN(C)C(=O)c1ccc(CNCc2ccc(C(=O)OC(C)(C)C)cc2)[nH]1. The van der Waals surface area contributed by atoms with Gasteiger partial charge in [0.2, 0.25) is 0 Å². The number of amides is 1. The van der Waals surface area contributed by atoms with Gasteiger partial charge in [-0.05, 0) is 50.6 Å². The van der Waals surface area contributed by atoms with Gasteiger partial charge in [0.1, 0.15) is 11.3 Å². The Morgan fingerprint density at radius 1 is 1.04 bits per heavy atom. The number of esters is 1. The highest BCUT2D eigenvalue weighted by atomic mass is 16.6. The summed E-state index contributed by atoms with van der Waals surface area (Å²) in [6, 6.07) is 11.0. The fraction of sp³-hybridized carbons (Fsp3) is 0.400. The van der Waals surface area contributed by atoms with Crippen molar-refractivity contribution in [1.82, 2.24) is 15.2 Å². The predicted octanol–water partition coefficient (Wildman–Crippen LogP) is 2.96. The molecule has 0 spiro atoms. The fourth-order valence-corrected chi connectivity index (χ4v) is 2.35. The molecule has 0 aliphatic heterocycles. The van der Waals surface area contributed by atoms with Crippen LogP contribution in [0.15, 0.2) is 36.4 Å². The Bertz CT molecular complexity index is 755. The minimum absolute atomic E-state index is 0.0472. The number of aromatic nitrogens is 1. The molecule has 0 bridgehead atoms. The zero-order valence-electron chi connectivity index (χ0n) is 16.1. The molecule has 1 aromatic heterocycles. The maximum Gasteiger partial charge on any atom is 0.338 e. The summed E-state index contributed by atoms with van der Waals surface area (Å²) in [7, 11) is 3.45. The van der Waals surface area contributed by atoms with Crippen LogP contribution in [0.2, 0.25) is 0 Å². The standard InChI is InChI=1S/C20H27N3O3/c1-20(2,3)26-19(25)15-8-6-14(7-9-15)12-21-13-16-10-11-17(22-16)18(24)23(4)5/h6-11,21-22H,12-13H2,1-5H3. The Labute approximate surface area is 154 Å². The molecule has 26 heavy (non-hydrogen) atoms. The van der Waals surface area contributed by atoms with E-state index in [1.165, 1.54) is 4.90 Å². The van der Waals surface area contributed by atoms with E-state index in [4.69, 9.17) is 4.74 Å². The van der Waals surface area contributed by atoms with Gasteiger partial charge in [-0.25, -0.2) is 4.79 Å². The highest BCUT2D eigenvalue weighted by Gasteiger charge is 2.17. The molecule has 1 amide bonds. The van der Waals surface area contributed by atoms with Gasteiger partial charge in [-0.2, -0.15) is 0 Å². The van der Waals surface area contributed by atoms with E-state index in [9.17, 15) is 9.59 Å². The van der Waals surface area contributed by atoms with Gasteiger partial charge in [0, 0.05) is 32.9 Å². The molecule has 0 aliphatic rings. The number of ether oxygens (including phenoxy) is 1. The first-order valence-corrected chi connectivity index (χ1v) is 8.58. The summed E-state index contributed by atoms with van der Waals surface area (Å²) in [5.74, 6) is -0.365. The van der Waals surface area contributed by atoms with Crippen molar-refractivity contribution < 1.29 is 14.3 Å². The molecule has 0 unspecified atom stereocenters. The second-order valence-corrected chi connectivity index (χ2v) is 7.40. The van der Waals surface area contributed by atoms with Gasteiger partial charge in [-0.1, -0.05) is 12.1 Å². The molecule has 0 radical (unpaired) electrons. The van der Waals surface area contributed by atoms with Crippen molar-refractivity contribution in [2.75, 3.05) is 14.1 Å². The van der Waals surface area contributed by atoms with Crippen LogP contribution < -0.4 is 5.32 Å². The largest absolute Gasteiger partial charge is 0.456 e. The van der Waals surface area contributed by atoms with Crippen LogP contribution in [0.25, 0.3) is 0 Å². The second-order valence-electron chi connectivity index (χ2n) is 7.40. The third kappa shape index (κ3) is 5.74. The van der Waals surface area contributed by atoms with E-state index in [0.717, 1.165) is 11.3 Å². The van der Waals surface area contributed by atoms with Crippen molar-refractivity contribution in [3.63, 3.8) is 0 Å². The van der Waals surface area contributed by atoms with E-state index < -0.39 is 5.60 Å². The molecule has 1 aromatic carbocycles. The van der Waals surface area contributed by atoms with Crippen molar-refractivity contribution in [2.24, 2.45) is 0 Å². The molecule has 2 aromatic rings. The van der Waals surface area contributed by atoms with Gasteiger partial charge in [0.15, 0.2) is 0 Å². The van der Waals surface area contributed by atoms with Crippen LogP contribution in [0.4, 0.5) is 0 Å².